The van der Waals surface area contributed by atoms with Gasteiger partial charge in [-0.25, -0.2) is 0 Å². The van der Waals surface area contributed by atoms with Crippen molar-refractivity contribution in [2.75, 3.05) is 24.7 Å². The molecule has 0 spiro atoms. The maximum absolute atomic E-state index is 12.4. The van der Waals surface area contributed by atoms with E-state index in [-0.39, 0.29) is 28.4 Å². The summed E-state index contributed by atoms with van der Waals surface area (Å²) >= 11 is 0. The molecule has 1 aliphatic carbocycles. The predicted octanol–water partition coefficient (Wildman–Crippen LogP) is 2.26. The molecule has 9 heteroatoms. The molecule has 1 aliphatic rings. The van der Waals surface area contributed by atoms with Crippen LogP contribution >= 0.6 is 0 Å². The molecule has 32 heavy (non-hydrogen) atoms. The fraction of sp³-hybridized carbons (Fsp3) is 0.348. The lowest BCUT2D eigenvalue weighted by Crippen LogP contribution is -2.53. The second-order valence-corrected chi connectivity index (χ2v) is 8.91. The fourth-order valence-corrected chi connectivity index (χ4v) is 4.07. The first kappa shape index (κ1) is 21.6. The number of hydrogen-bond donors (Lipinski definition) is 4. The van der Waals surface area contributed by atoms with Crippen LogP contribution in [0, 0.1) is 5.41 Å². The van der Waals surface area contributed by atoms with Gasteiger partial charge < -0.3 is 30.2 Å². The van der Waals surface area contributed by atoms with E-state index in [2.05, 4.69) is 10.6 Å². The quantitative estimate of drug-likeness (QED) is 0.270. The summed E-state index contributed by atoms with van der Waals surface area (Å²) in [6.45, 7) is 3.72. The summed E-state index contributed by atoms with van der Waals surface area (Å²) in [5.41, 5.74) is -3.46. The van der Waals surface area contributed by atoms with Crippen molar-refractivity contribution in [1.82, 2.24) is 4.90 Å². The van der Waals surface area contributed by atoms with Crippen LogP contribution in [-0.2, 0) is 12.1 Å². The van der Waals surface area contributed by atoms with Crippen molar-refractivity contribution in [2.24, 2.45) is 5.41 Å². The Morgan fingerprint density at radius 1 is 1.12 bits per heavy atom. The predicted molar refractivity (Wildman–Crippen MR) is 119 cm³/mol. The van der Waals surface area contributed by atoms with Crippen molar-refractivity contribution < 1.29 is 19.4 Å². The Kier molecular flexibility index (Phi) is 4.89. The van der Waals surface area contributed by atoms with Gasteiger partial charge in [0.1, 0.15) is 17.1 Å². The molecule has 2 aromatic carbocycles. The third kappa shape index (κ3) is 3.08. The highest BCUT2D eigenvalue weighted by atomic mass is 16.3. The number of para-hydroxylation sites is 1. The maximum Gasteiger partial charge on any atom is 0.257 e. The third-order valence-electron chi connectivity index (χ3n) is 6.24. The van der Waals surface area contributed by atoms with Crippen molar-refractivity contribution >= 4 is 23.0 Å². The molecule has 0 aliphatic heterocycles. The molecule has 0 saturated carbocycles. The number of aryl methyl sites for hydroxylation is 1. The zero-order valence-electron chi connectivity index (χ0n) is 18.3. The standard InChI is InChI=1S/C23H25N3O6/c1-22(2)10-8-15-13(9-11-32-15)23(22,31)25-17-16(19(28)20(17)29)24-14-7-5-6-12(18(14)27)21(30)26(3)4/h5-7,9,11,24-25,27,31H,8,10H2,1-4H3. The van der Waals surface area contributed by atoms with Gasteiger partial charge in [0.05, 0.1) is 17.5 Å². The Morgan fingerprint density at radius 3 is 2.50 bits per heavy atom. The number of fused-ring (bicyclic) bond motifs is 1. The second kappa shape index (κ2) is 7.23. The molecule has 1 aromatic heterocycles. The van der Waals surface area contributed by atoms with Crippen LogP contribution in [0.25, 0.3) is 0 Å². The molecular formula is C23H25N3O6. The van der Waals surface area contributed by atoms with E-state index < -0.39 is 27.9 Å². The minimum Gasteiger partial charge on any atom is -0.505 e. The number of hydrogen-bond acceptors (Lipinski definition) is 8. The summed E-state index contributed by atoms with van der Waals surface area (Å²) in [4.78, 5) is 38.4. The van der Waals surface area contributed by atoms with Crippen LogP contribution in [0.3, 0.4) is 0 Å². The van der Waals surface area contributed by atoms with Crippen LogP contribution in [0.2, 0.25) is 0 Å². The Bertz CT molecular complexity index is 1280. The number of phenols is 1. The molecule has 1 heterocycles. The molecular weight excluding hydrogens is 414 g/mol. The molecule has 4 N–H and O–H groups in total. The first-order chi connectivity index (χ1) is 15.0. The molecule has 0 saturated heterocycles. The summed E-state index contributed by atoms with van der Waals surface area (Å²) in [6.07, 6.45) is 2.70. The first-order valence-corrected chi connectivity index (χ1v) is 10.2. The van der Waals surface area contributed by atoms with Gasteiger partial charge in [-0.3, -0.25) is 14.4 Å². The number of phenolic OH excluding ortho intramolecular Hbond substituents is 1. The number of rotatable bonds is 5. The van der Waals surface area contributed by atoms with Crippen LogP contribution in [0.5, 0.6) is 5.75 Å². The van der Waals surface area contributed by atoms with Gasteiger partial charge in [0.25, 0.3) is 16.8 Å². The van der Waals surface area contributed by atoms with Gasteiger partial charge in [0, 0.05) is 31.5 Å². The van der Waals surface area contributed by atoms with E-state index in [1.165, 1.54) is 23.3 Å². The Balaban J connectivity index is 1.72. The summed E-state index contributed by atoms with van der Waals surface area (Å²) in [5, 5.41) is 27.8. The van der Waals surface area contributed by atoms with Gasteiger partial charge in [-0.15, -0.1) is 0 Å². The number of carbonyl (C=O) groups is 1. The van der Waals surface area contributed by atoms with Gasteiger partial charge in [0.15, 0.2) is 11.5 Å². The Hall–Kier alpha value is -3.59. The van der Waals surface area contributed by atoms with Crippen molar-refractivity contribution in [2.45, 2.75) is 32.4 Å². The molecule has 1 amide bonds. The summed E-state index contributed by atoms with van der Waals surface area (Å²) in [7, 11) is 3.11. The number of nitrogens with one attached hydrogen (secondary N) is 2. The highest BCUT2D eigenvalue weighted by Gasteiger charge is 2.51. The van der Waals surface area contributed by atoms with Gasteiger partial charge in [0.2, 0.25) is 0 Å². The molecule has 4 rings (SSSR count). The van der Waals surface area contributed by atoms with E-state index in [1.807, 2.05) is 13.8 Å². The minimum absolute atomic E-state index is 0.0447. The van der Waals surface area contributed by atoms with Crippen LogP contribution < -0.4 is 21.5 Å². The first-order valence-electron chi connectivity index (χ1n) is 10.2. The monoisotopic (exact) mass is 439 g/mol. The maximum atomic E-state index is 12.4. The summed E-state index contributed by atoms with van der Waals surface area (Å²) in [5.74, 6) is -0.153. The van der Waals surface area contributed by atoms with Gasteiger partial charge in [-0.2, -0.15) is 0 Å². The zero-order valence-corrected chi connectivity index (χ0v) is 18.3. The highest BCUT2D eigenvalue weighted by molar-refractivity contribution is 5.99. The number of aromatic hydroxyl groups is 1. The number of aliphatic hydroxyl groups is 1. The SMILES string of the molecule is CN(C)C(=O)c1cccc(Nc2c(NC3(O)c4ccoc4CCC3(C)C)c(=O)c2=O)c1O. The number of amides is 1. The van der Waals surface area contributed by atoms with Crippen LogP contribution in [0.15, 0.2) is 44.5 Å². The van der Waals surface area contributed by atoms with E-state index in [0.717, 1.165) is 0 Å². The molecule has 168 valence electrons. The van der Waals surface area contributed by atoms with Crippen LogP contribution in [0.4, 0.5) is 17.1 Å². The van der Waals surface area contributed by atoms with E-state index in [9.17, 15) is 24.6 Å². The average molecular weight is 439 g/mol. The largest absolute Gasteiger partial charge is 0.505 e. The molecule has 1 unspecified atom stereocenters. The molecule has 3 aromatic rings. The second-order valence-electron chi connectivity index (χ2n) is 8.91. The summed E-state index contributed by atoms with van der Waals surface area (Å²) < 4.78 is 5.47. The normalized spacial score (nSPS) is 19.4. The lowest BCUT2D eigenvalue weighted by Gasteiger charge is -2.46. The molecule has 9 nitrogen and oxygen atoms in total. The number of benzene rings is 1. The van der Waals surface area contributed by atoms with Crippen molar-refractivity contribution in [3.8, 4) is 5.75 Å². The third-order valence-corrected chi connectivity index (χ3v) is 6.24. The number of nitrogens with zero attached hydrogens (tertiary/aromatic N) is 1. The average Bonchev–Trinajstić information content (AvgIpc) is 3.24. The van der Waals surface area contributed by atoms with Crippen molar-refractivity contribution in [3.63, 3.8) is 0 Å². The van der Waals surface area contributed by atoms with Crippen molar-refractivity contribution in [3.05, 3.63) is 67.9 Å². The summed E-state index contributed by atoms with van der Waals surface area (Å²) in [6, 6.07) is 6.13. The van der Waals surface area contributed by atoms with E-state index in [0.29, 0.717) is 24.2 Å². The molecule has 0 fully saturated rings. The minimum atomic E-state index is -1.66. The number of furan rings is 1. The van der Waals surface area contributed by atoms with E-state index >= 15 is 0 Å². The lowest BCUT2D eigenvalue weighted by atomic mass is 9.69. The smallest absolute Gasteiger partial charge is 0.257 e. The number of carbonyl (C=O) groups excluding carboxylic acids is 1. The van der Waals surface area contributed by atoms with Crippen LogP contribution in [-0.4, -0.2) is 35.1 Å². The van der Waals surface area contributed by atoms with Gasteiger partial charge in [-0.1, -0.05) is 19.9 Å². The van der Waals surface area contributed by atoms with E-state index in [1.54, 1.807) is 26.2 Å². The van der Waals surface area contributed by atoms with Gasteiger partial charge >= 0.3 is 0 Å². The molecule has 0 bridgehead atoms. The number of anilines is 3. The van der Waals surface area contributed by atoms with Gasteiger partial charge in [-0.05, 0) is 24.6 Å². The zero-order chi connectivity index (χ0) is 23.4. The van der Waals surface area contributed by atoms with Crippen molar-refractivity contribution in [1.29, 1.82) is 0 Å². The van der Waals surface area contributed by atoms with E-state index in [4.69, 9.17) is 4.42 Å². The highest BCUT2D eigenvalue weighted by Crippen LogP contribution is 2.49. The van der Waals surface area contributed by atoms with Crippen LogP contribution in [0.1, 0.15) is 41.9 Å². The lowest BCUT2D eigenvalue weighted by molar-refractivity contribution is -0.0629. The Morgan fingerprint density at radius 2 is 1.81 bits per heavy atom. The Labute approximate surface area is 184 Å². The fourth-order valence-electron chi connectivity index (χ4n) is 4.07. The topological polar surface area (TPSA) is 132 Å². The molecule has 0 radical (unpaired) electrons. The molecule has 1 atom stereocenters.